The number of hydrogen-bond acceptors (Lipinski definition) is 11. The van der Waals surface area contributed by atoms with Gasteiger partial charge in [0, 0.05) is 29.3 Å². The summed E-state index contributed by atoms with van der Waals surface area (Å²) < 4.78 is 41.2. The minimum Gasteiger partial charge on any atom is -0.549 e. The summed E-state index contributed by atoms with van der Waals surface area (Å²) in [5.74, 6) is 0.655. The zero-order valence-corrected chi connectivity index (χ0v) is 21.3. The summed E-state index contributed by atoms with van der Waals surface area (Å²) >= 11 is 0. The van der Waals surface area contributed by atoms with Crippen molar-refractivity contribution < 1.29 is 27.2 Å². The number of nitro benzene ring substituents is 1. The van der Waals surface area contributed by atoms with Crippen LogP contribution in [0.25, 0.3) is 34.0 Å². The molecule has 2 radical (unpaired) electrons. The third kappa shape index (κ3) is 4.70. The minimum atomic E-state index is -3.43. The monoisotopic (exact) mass is 541 g/mol. The molecule has 2 aromatic carbocycles. The Balaban J connectivity index is 1.41. The molecule has 6 rings (SSSR count). The van der Waals surface area contributed by atoms with E-state index < -0.39 is 25.6 Å². The van der Waals surface area contributed by atoms with Crippen LogP contribution in [0.1, 0.15) is 19.5 Å². The Morgan fingerprint density at radius 3 is 2.28 bits per heavy atom. The van der Waals surface area contributed by atoms with Crippen molar-refractivity contribution in [2.75, 3.05) is 0 Å². The molecule has 4 aromatic rings. The number of non-ortho nitro benzene ring substituents is 1. The lowest BCUT2D eigenvalue weighted by molar-refractivity contribution is -0.384. The molecule has 2 fully saturated rings. The summed E-state index contributed by atoms with van der Waals surface area (Å²) in [6.07, 6.45) is 1.54. The van der Waals surface area contributed by atoms with Crippen LogP contribution in [0.3, 0.4) is 0 Å². The minimum absolute atomic E-state index is 0.0443. The highest BCUT2D eigenvalue weighted by molar-refractivity contribution is 7.92. The van der Waals surface area contributed by atoms with Crippen LogP contribution in [0.4, 0.5) is 5.69 Å². The van der Waals surface area contributed by atoms with Crippen molar-refractivity contribution in [2.45, 2.75) is 29.6 Å². The van der Waals surface area contributed by atoms with E-state index in [1.165, 1.54) is 45.4 Å². The van der Waals surface area contributed by atoms with E-state index in [0.29, 0.717) is 39.7 Å². The summed E-state index contributed by atoms with van der Waals surface area (Å²) in [7, 11) is -0.475. The van der Waals surface area contributed by atoms with Gasteiger partial charge in [-0.2, -0.15) is 0 Å². The van der Waals surface area contributed by atoms with Crippen LogP contribution < -0.4 is 0 Å². The van der Waals surface area contributed by atoms with Crippen molar-refractivity contribution in [1.29, 1.82) is 0 Å². The first-order valence-electron chi connectivity index (χ1n) is 11.7. The molecule has 0 bridgehead atoms. The molecule has 39 heavy (non-hydrogen) atoms. The van der Waals surface area contributed by atoms with E-state index in [2.05, 4.69) is 15.1 Å². The molecule has 2 saturated heterocycles. The van der Waals surface area contributed by atoms with Gasteiger partial charge in [0.2, 0.25) is 0 Å². The van der Waals surface area contributed by atoms with Crippen LogP contribution in [0.15, 0.2) is 75.2 Å². The molecule has 2 aromatic heterocycles. The largest absolute Gasteiger partial charge is 0.549 e. The van der Waals surface area contributed by atoms with Gasteiger partial charge < -0.3 is 13.8 Å². The first kappa shape index (κ1) is 24.9. The quantitative estimate of drug-likeness (QED) is 0.140. The highest BCUT2D eigenvalue weighted by Crippen LogP contribution is 2.43. The molecular weight excluding hydrogens is 524 g/mol. The average molecular weight is 541 g/mol. The van der Waals surface area contributed by atoms with Gasteiger partial charge in [0.15, 0.2) is 27.0 Å². The number of sulfone groups is 1. The summed E-state index contributed by atoms with van der Waals surface area (Å²) in [5.41, 5.74) is 1.51. The maximum Gasteiger partial charge on any atom is 0.474 e. The van der Waals surface area contributed by atoms with E-state index in [0.717, 1.165) is 0 Å². The van der Waals surface area contributed by atoms with Gasteiger partial charge in [-0.1, -0.05) is 17.3 Å². The predicted molar refractivity (Wildman–Crippen MR) is 140 cm³/mol. The van der Waals surface area contributed by atoms with E-state index >= 15 is 0 Å². The first-order valence-corrected chi connectivity index (χ1v) is 13.3. The van der Waals surface area contributed by atoms with Gasteiger partial charge in [-0.05, 0) is 38.1 Å². The Hall–Kier alpha value is -4.36. The Kier molecular flexibility index (Phi) is 5.84. The van der Waals surface area contributed by atoms with Crippen molar-refractivity contribution >= 4 is 36.3 Å². The standard InChI is InChI=1S/C24H17B2N5O7S/c1-13(2)39(34,35)17-9-5-15(6-10-17)19-12-27-22(24(26-38-24)29-23-25-36-23)21(28-19)20-11-18(30-37-20)14-3-7-16(8-4-14)31(32)33/h3-13H,1-2H3. The van der Waals surface area contributed by atoms with Gasteiger partial charge in [0.25, 0.3) is 5.69 Å². The Labute approximate surface area is 223 Å². The average Bonchev–Trinajstić information content (AvgIpc) is 3.87. The normalized spacial score (nSPS) is 18.8. The lowest BCUT2D eigenvalue weighted by atomic mass is 9.91. The maximum absolute atomic E-state index is 12.5. The second-order valence-electron chi connectivity index (χ2n) is 9.07. The molecule has 0 amide bonds. The Bertz CT molecular complexity index is 1730. The van der Waals surface area contributed by atoms with Crippen LogP contribution in [-0.4, -0.2) is 54.5 Å². The third-order valence-corrected chi connectivity index (χ3v) is 8.34. The number of aliphatic imine (C=N–C) groups is 1. The molecule has 0 saturated carbocycles. The van der Waals surface area contributed by atoms with Gasteiger partial charge >= 0.3 is 15.0 Å². The number of aromatic nitrogens is 3. The van der Waals surface area contributed by atoms with Gasteiger partial charge in [-0.3, -0.25) is 15.1 Å². The molecule has 0 spiro atoms. The molecule has 4 heterocycles. The highest BCUT2D eigenvalue weighted by Gasteiger charge is 2.54. The van der Waals surface area contributed by atoms with Gasteiger partial charge in [0.1, 0.15) is 17.1 Å². The van der Waals surface area contributed by atoms with Crippen molar-refractivity contribution in [1.82, 2.24) is 15.1 Å². The summed E-state index contributed by atoms with van der Waals surface area (Å²) in [6, 6.07) is 13.9. The number of rotatable bonds is 8. The van der Waals surface area contributed by atoms with Crippen LogP contribution in [-0.2, 0) is 24.8 Å². The summed E-state index contributed by atoms with van der Waals surface area (Å²) in [5, 5.41) is 14.6. The smallest absolute Gasteiger partial charge is 0.474 e. The highest BCUT2D eigenvalue weighted by atomic mass is 32.2. The van der Waals surface area contributed by atoms with E-state index in [1.54, 1.807) is 44.2 Å². The van der Waals surface area contributed by atoms with Gasteiger partial charge in [-0.25, -0.2) is 18.4 Å². The molecule has 1 unspecified atom stereocenters. The fourth-order valence-corrected chi connectivity index (χ4v) is 4.90. The van der Waals surface area contributed by atoms with Crippen LogP contribution in [0, 0.1) is 10.1 Å². The van der Waals surface area contributed by atoms with Crippen molar-refractivity contribution in [2.24, 2.45) is 4.99 Å². The van der Waals surface area contributed by atoms with E-state index in [1.807, 2.05) is 0 Å². The lowest BCUT2D eigenvalue weighted by Crippen LogP contribution is -2.14. The Morgan fingerprint density at radius 2 is 1.69 bits per heavy atom. The topological polar surface area (TPSA) is 167 Å². The summed E-state index contributed by atoms with van der Waals surface area (Å²) in [4.78, 5) is 24.5. The molecule has 15 heteroatoms. The fraction of sp³-hybridized carbons (Fsp3) is 0.167. The predicted octanol–water partition coefficient (Wildman–Crippen LogP) is 3.32. The molecule has 12 nitrogen and oxygen atoms in total. The van der Waals surface area contributed by atoms with Gasteiger partial charge in [-0.15, -0.1) is 0 Å². The van der Waals surface area contributed by atoms with Crippen molar-refractivity contribution in [3.63, 3.8) is 0 Å². The van der Waals surface area contributed by atoms with Crippen molar-refractivity contribution in [3.05, 3.63) is 76.6 Å². The number of nitro groups is 1. The van der Waals surface area contributed by atoms with Gasteiger partial charge in [0.05, 0.1) is 27.0 Å². The fourth-order valence-electron chi connectivity index (χ4n) is 3.84. The third-order valence-electron chi connectivity index (χ3n) is 6.17. The summed E-state index contributed by atoms with van der Waals surface area (Å²) in [6.45, 7) is 3.26. The molecular formula is C24H17B2N5O7S. The zero-order valence-electron chi connectivity index (χ0n) is 20.5. The van der Waals surface area contributed by atoms with Crippen molar-refractivity contribution in [3.8, 4) is 34.0 Å². The Morgan fingerprint density at radius 1 is 1.05 bits per heavy atom. The molecule has 192 valence electrons. The second-order valence-corrected chi connectivity index (χ2v) is 11.6. The van der Waals surface area contributed by atoms with E-state index in [-0.39, 0.29) is 16.3 Å². The van der Waals surface area contributed by atoms with E-state index in [4.69, 9.17) is 18.8 Å². The first-order chi connectivity index (χ1) is 18.7. The van der Waals surface area contributed by atoms with Crippen LogP contribution >= 0.6 is 0 Å². The molecule has 2 aliphatic rings. The maximum atomic E-state index is 12.5. The molecule has 0 aliphatic carbocycles. The number of hydrogen-bond donors (Lipinski definition) is 0. The van der Waals surface area contributed by atoms with Crippen LogP contribution in [0.2, 0.25) is 0 Å². The second kappa shape index (κ2) is 9.13. The number of benzene rings is 2. The molecule has 0 N–H and O–H groups in total. The molecule has 1 atom stereocenters. The zero-order chi connectivity index (χ0) is 27.4. The lowest BCUT2D eigenvalue weighted by Gasteiger charge is -2.12. The van der Waals surface area contributed by atoms with Crippen LogP contribution in [0.5, 0.6) is 0 Å². The number of nitrogens with zero attached hydrogens (tertiary/aromatic N) is 5. The molecule has 2 aliphatic heterocycles. The van der Waals surface area contributed by atoms with E-state index in [9.17, 15) is 18.5 Å². The SMILES string of the molecule is CC(C)S(=O)(=O)c1ccc(-c2cnc(C3(N=C4[B]O4)[B]O3)c(-c3cc(-c4ccc([N+](=O)[O-])cc4)no3)n2)cc1.